The number of sulfonamides is 2. The van der Waals surface area contributed by atoms with E-state index in [1.54, 1.807) is 67.6 Å². The van der Waals surface area contributed by atoms with Crippen molar-refractivity contribution in [2.75, 3.05) is 10.5 Å². The summed E-state index contributed by atoms with van der Waals surface area (Å²) in [7, 11) is -7.30. The van der Waals surface area contributed by atoms with Crippen molar-refractivity contribution in [2.45, 2.75) is 31.2 Å². The van der Waals surface area contributed by atoms with Crippen molar-refractivity contribution < 1.29 is 21.3 Å². The van der Waals surface area contributed by atoms with Crippen molar-refractivity contribution in [2.24, 2.45) is 5.10 Å². The molecule has 32 heavy (non-hydrogen) atoms. The lowest BCUT2D eigenvalue weighted by atomic mass is 10.0. The molecule has 1 aliphatic heterocycles. The summed E-state index contributed by atoms with van der Waals surface area (Å²) in [4.78, 5) is 0.147. The molecule has 0 unspecified atom stereocenters. The third kappa shape index (κ3) is 4.42. The first kappa shape index (κ1) is 22.1. The van der Waals surface area contributed by atoms with Gasteiger partial charge in [-0.1, -0.05) is 29.8 Å². The van der Waals surface area contributed by atoms with E-state index in [0.717, 1.165) is 9.98 Å². The molecule has 0 bridgehead atoms. The minimum Gasteiger partial charge on any atom is -0.467 e. The first-order valence-electron chi connectivity index (χ1n) is 10.0. The highest BCUT2D eigenvalue weighted by Crippen LogP contribution is 2.37. The predicted molar refractivity (Wildman–Crippen MR) is 122 cm³/mol. The van der Waals surface area contributed by atoms with E-state index in [4.69, 9.17) is 4.42 Å². The van der Waals surface area contributed by atoms with Crippen LogP contribution in [-0.4, -0.2) is 32.7 Å². The van der Waals surface area contributed by atoms with Crippen molar-refractivity contribution in [3.8, 4) is 0 Å². The van der Waals surface area contributed by atoms with E-state index >= 15 is 0 Å². The first-order valence-corrected chi connectivity index (χ1v) is 13.1. The lowest BCUT2D eigenvalue weighted by Gasteiger charge is -2.21. The van der Waals surface area contributed by atoms with Crippen molar-refractivity contribution in [1.29, 1.82) is 0 Å². The van der Waals surface area contributed by atoms with Crippen molar-refractivity contribution in [3.63, 3.8) is 0 Å². The second-order valence-electron chi connectivity index (χ2n) is 7.46. The second-order valence-corrected chi connectivity index (χ2v) is 11.3. The minimum absolute atomic E-state index is 0.0296. The van der Waals surface area contributed by atoms with E-state index < -0.39 is 26.1 Å². The molecule has 0 radical (unpaired) electrons. The number of anilines is 1. The molecule has 8 nitrogen and oxygen atoms in total. The van der Waals surface area contributed by atoms with E-state index in [-0.39, 0.29) is 10.6 Å². The van der Waals surface area contributed by atoms with Gasteiger partial charge in [0.1, 0.15) is 11.8 Å². The summed E-state index contributed by atoms with van der Waals surface area (Å²) in [6, 6.07) is 16.1. The second kappa shape index (κ2) is 8.44. The molecule has 0 saturated carbocycles. The SMILES string of the molecule is CCS(=O)(=O)Nc1ccc(C2=NN(S(=O)(=O)c3ccc(C)cc3)[C@@H](c3ccco3)C2)cc1. The molecule has 0 amide bonds. The minimum atomic E-state index is -3.91. The summed E-state index contributed by atoms with van der Waals surface area (Å²) in [6.45, 7) is 3.44. The Morgan fingerprint density at radius 2 is 1.72 bits per heavy atom. The van der Waals surface area contributed by atoms with Crippen LogP contribution in [0.5, 0.6) is 0 Å². The molecular weight excluding hydrogens is 450 g/mol. The smallest absolute Gasteiger partial charge is 0.279 e. The van der Waals surface area contributed by atoms with Gasteiger partial charge in [0, 0.05) is 12.1 Å². The van der Waals surface area contributed by atoms with Crippen molar-refractivity contribution in [3.05, 3.63) is 83.8 Å². The molecule has 1 N–H and O–H groups in total. The average molecular weight is 474 g/mol. The van der Waals surface area contributed by atoms with Crippen LogP contribution >= 0.6 is 0 Å². The molecule has 4 rings (SSSR count). The number of nitrogens with zero attached hydrogens (tertiary/aromatic N) is 2. The zero-order chi connectivity index (χ0) is 22.9. The molecule has 0 saturated heterocycles. The number of aryl methyl sites for hydroxylation is 1. The summed E-state index contributed by atoms with van der Waals surface area (Å²) in [5.41, 5.74) is 2.64. The molecule has 1 aromatic heterocycles. The summed E-state index contributed by atoms with van der Waals surface area (Å²) < 4.78 is 59.4. The highest BCUT2D eigenvalue weighted by atomic mass is 32.2. The number of hydrazone groups is 1. The lowest BCUT2D eigenvalue weighted by Crippen LogP contribution is -2.27. The first-order chi connectivity index (χ1) is 15.2. The molecule has 2 heterocycles. The fourth-order valence-corrected chi connectivity index (χ4v) is 5.43. The molecule has 0 aliphatic carbocycles. The lowest BCUT2D eigenvalue weighted by molar-refractivity contribution is 0.320. The Hall–Kier alpha value is -3.11. The number of rotatable bonds is 7. The maximum atomic E-state index is 13.4. The van der Waals surface area contributed by atoms with Gasteiger partial charge in [0.25, 0.3) is 10.0 Å². The molecule has 1 atom stereocenters. The fourth-order valence-electron chi connectivity index (χ4n) is 3.38. The predicted octanol–water partition coefficient (Wildman–Crippen LogP) is 3.89. The van der Waals surface area contributed by atoms with Gasteiger partial charge >= 0.3 is 0 Å². The van der Waals surface area contributed by atoms with Crippen LogP contribution in [0.4, 0.5) is 5.69 Å². The van der Waals surface area contributed by atoms with Crippen LogP contribution in [0.1, 0.15) is 36.3 Å². The van der Waals surface area contributed by atoms with Crippen LogP contribution in [0.25, 0.3) is 0 Å². The van der Waals surface area contributed by atoms with Crippen LogP contribution in [0, 0.1) is 6.92 Å². The molecule has 0 fully saturated rings. The molecule has 1 aliphatic rings. The van der Waals surface area contributed by atoms with E-state index in [1.807, 2.05) is 6.92 Å². The maximum absolute atomic E-state index is 13.4. The number of nitrogens with one attached hydrogen (secondary N) is 1. The van der Waals surface area contributed by atoms with Gasteiger partial charge in [0.05, 0.1) is 22.6 Å². The van der Waals surface area contributed by atoms with Crippen molar-refractivity contribution >= 4 is 31.4 Å². The van der Waals surface area contributed by atoms with Gasteiger partial charge in [-0.2, -0.15) is 17.9 Å². The zero-order valence-electron chi connectivity index (χ0n) is 17.6. The normalized spacial score (nSPS) is 16.8. The van der Waals surface area contributed by atoms with Crippen LogP contribution in [0.2, 0.25) is 0 Å². The summed E-state index contributed by atoms with van der Waals surface area (Å²) >= 11 is 0. The van der Waals surface area contributed by atoms with Gasteiger partial charge in [0.15, 0.2) is 0 Å². The van der Waals surface area contributed by atoms with Crippen LogP contribution in [0.15, 0.2) is 81.3 Å². The van der Waals surface area contributed by atoms with Gasteiger partial charge in [0.2, 0.25) is 10.0 Å². The van der Waals surface area contributed by atoms with Gasteiger partial charge < -0.3 is 4.42 Å². The quantitative estimate of drug-likeness (QED) is 0.560. The van der Waals surface area contributed by atoms with Gasteiger partial charge in [-0.05, 0) is 55.8 Å². The Bertz CT molecular complexity index is 1330. The number of furan rings is 1. The van der Waals surface area contributed by atoms with E-state index in [2.05, 4.69) is 9.82 Å². The van der Waals surface area contributed by atoms with Crippen LogP contribution in [-0.2, 0) is 20.0 Å². The Morgan fingerprint density at radius 3 is 2.31 bits per heavy atom. The molecule has 3 aromatic rings. The number of benzene rings is 2. The average Bonchev–Trinajstić information content (AvgIpc) is 3.45. The standard InChI is InChI=1S/C22H23N3O5S2/c1-3-31(26,27)24-18-10-8-17(9-11-18)20-15-21(22-5-4-14-30-22)25(23-20)32(28,29)19-12-6-16(2)7-13-19/h4-14,21,24H,3,15H2,1-2H3/t21-/m1/s1. The summed E-state index contributed by atoms with van der Waals surface area (Å²) in [5.74, 6) is 0.463. The number of hydrogen-bond acceptors (Lipinski definition) is 6. The Kier molecular flexibility index (Phi) is 5.83. The van der Waals surface area contributed by atoms with Gasteiger partial charge in [-0.25, -0.2) is 8.42 Å². The van der Waals surface area contributed by atoms with Crippen LogP contribution < -0.4 is 4.72 Å². The summed E-state index contributed by atoms with van der Waals surface area (Å²) in [5, 5.41) is 4.45. The van der Waals surface area contributed by atoms with Crippen LogP contribution in [0.3, 0.4) is 0 Å². The monoisotopic (exact) mass is 473 g/mol. The third-order valence-corrected chi connectivity index (χ3v) is 8.18. The maximum Gasteiger partial charge on any atom is 0.279 e. The van der Waals surface area contributed by atoms with Gasteiger partial charge in [-0.3, -0.25) is 4.72 Å². The Labute approximate surface area is 187 Å². The number of hydrogen-bond donors (Lipinski definition) is 1. The van der Waals surface area contributed by atoms with E-state index in [1.165, 1.54) is 6.26 Å². The fraction of sp³-hybridized carbons (Fsp3) is 0.227. The Balaban J connectivity index is 1.69. The summed E-state index contributed by atoms with van der Waals surface area (Å²) in [6.07, 6.45) is 1.82. The largest absolute Gasteiger partial charge is 0.467 e. The third-order valence-electron chi connectivity index (χ3n) is 5.18. The van der Waals surface area contributed by atoms with Gasteiger partial charge in [-0.15, -0.1) is 0 Å². The highest BCUT2D eigenvalue weighted by Gasteiger charge is 2.39. The molecule has 2 aromatic carbocycles. The molecule has 10 heteroatoms. The molecule has 0 spiro atoms. The Morgan fingerprint density at radius 1 is 1.03 bits per heavy atom. The molecule has 168 valence electrons. The highest BCUT2D eigenvalue weighted by molar-refractivity contribution is 7.92. The topological polar surface area (TPSA) is 109 Å². The van der Waals surface area contributed by atoms with E-state index in [9.17, 15) is 16.8 Å². The zero-order valence-corrected chi connectivity index (χ0v) is 19.2. The molecular formula is C22H23N3O5S2. The van der Waals surface area contributed by atoms with E-state index in [0.29, 0.717) is 29.1 Å². The van der Waals surface area contributed by atoms with Crippen molar-refractivity contribution in [1.82, 2.24) is 4.41 Å².